The first-order valence-electron chi connectivity index (χ1n) is 3.51. The number of hydrogen-bond donors (Lipinski definition) is 3. The fourth-order valence-electron chi connectivity index (χ4n) is 0.967. The highest BCUT2D eigenvalue weighted by atomic mass is 35.5. The summed E-state index contributed by atoms with van der Waals surface area (Å²) in [4.78, 5) is -3.20. The summed E-state index contributed by atoms with van der Waals surface area (Å²) in [5.41, 5.74) is 0. The van der Waals surface area contributed by atoms with Crippen LogP contribution in [0.15, 0.2) is 14.0 Å². The number of rotatable bonds is 3. The summed E-state index contributed by atoms with van der Waals surface area (Å²) in [5, 5.41) is 0. The van der Waals surface area contributed by atoms with E-state index in [2.05, 4.69) is 0 Å². The molecule has 1 rings (SSSR count). The molecular weight excluding hydrogens is 356 g/mol. The number of thiophene rings is 1. The molecule has 104 valence electrons. The lowest BCUT2D eigenvalue weighted by molar-refractivity contribution is 0.460. The lowest BCUT2D eigenvalue weighted by atomic mass is 10.6. The minimum Gasteiger partial charge on any atom is -0.282 e. The van der Waals surface area contributed by atoms with Crippen LogP contribution in [0, 0.1) is 0 Å². The van der Waals surface area contributed by atoms with Crippen molar-refractivity contribution in [1.29, 1.82) is 0 Å². The molecule has 0 spiro atoms. The third kappa shape index (κ3) is 3.00. The molecule has 0 bridgehead atoms. The van der Waals surface area contributed by atoms with Gasteiger partial charge in [0.05, 0.1) is 0 Å². The maximum Gasteiger partial charge on any atom is 0.305 e. The van der Waals surface area contributed by atoms with Crippen LogP contribution in [0.25, 0.3) is 0 Å². The maximum atomic E-state index is 10.9. The summed E-state index contributed by atoms with van der Waals surface area (Å²) >= 11 is 5.13. The van der Waals surface area contributed by atoms with Gasteiger partial charge in [0, 0.05) is 0 Å². The van der Waals surface area contributed by atoms with Crippen LogP contribution < -0.4 is 0 Å². The van der Waals surface area contributed by atoms with Crippen molar-refractivity contribution < 1.29 is 38.9 Å². The first kappa shape index (κ1) is 15.8. The highest BCUT2D eigenvalue weighted by molar-refractivity contribution is 7.92. The Morgan fingerprint density at radius 3 is 1.44 bits per heavy atom. The minimum atomic E-state index is -5.36. The van der Waals surface area contributed by atoms with Gasteiger partial charge in [-0.15, -0.1) is 11.3 Å². The van der Waals surface area contributed by atoms with E-state index in [-0.39, 0.29) is 11.3 Å². The van der Waals surface area contributed by atoms with E-state index in [0.29, 0.717) is 0 Å². The zero-order chi connectivity index (χ0) is 14.5. The van der Waals surface area contributed by atoms with E-state index in [0.717, 1.165) is 0 Å². The number of hydrogen-bond acceptors (Lipinski definition) is 7. The second kappa shape index (κ2) is 4.38. The van der Waals surface area contributed by atoms with E-state index in [1.807, 2.05) is 0 Å². The third-order valence-electron chi connectivity index (χ3n) is 1.50. The van der Waals surface area contributed by atoms with Crippen LogP contribution in [-0.2, 0) is 30.4 Å². The largest absolute Gasteiger partial charge is 0.305 e. The van der Waals surface area contributed by atoms with Crippen molar-refractivity contribution in [3.63, 3.8) is 0 Å². The van der Waals surface area contributed by atoms with Gasteiger partial charge in [0.2, 0.25) is 0 Å². The standard InChI is InChI=1S/C4H3ClO9S4/c5-3-1(16(6,7)8)2(17(9,10)11)4(15-3)18(12,13)14/h(H,6,7,8)(H,9,10,11)(H,12,13,14). The second-order valence-corrected chi connectivity index (χ2v) is 8.70. The molecule has 0 atom stereocenters. The molecule has 0 aliphatic rings. The van der Waals surface area contributed by atoms with Gasteiger partial charge in [0.15, 0.2) is 4.21 Å². The molecule has 0 aromatic carbocycles. The summed E-state index contributed by atoms with van der Waals surface area (Å²) in [6.45, 7) is 0. The highest BCUT2D eigenvalue weighted by Gasteiger charge is 2.37. The lowest BCUT2D eigenvalue weighted by Gasteiger charge is -2.00. The van der Waals surface area contributed by atoms with E-state index in [1.165, 1.54) is 0 Å². The van der Waals surface area contributed by atoms with E-state index in [4.69, 9.17) is 25.3 Å². The Morgan fingerprint density at radius 1 is 0.778 bits per heavy atom. The second-order valence-electron chi connectivity index (χ2n) is 2.75. The molecule has 9 nitrogen and oxygen atoms in total. The Bertz CT molecular complexity index is 795. The van der Waals surface area contributed by atoms with E-state index in [9.17, 15) is 25.3 Å². The average Bonchev–Trinajstić information content (AvgIpc) is 2.39. The zero-order valence-corrected chi connectivity index (χ0v) is 11.8. The van der Waals surface area contributed by atoms with E-state index >= 15 is 0 Å². The topological polar surface area (TPSA) is 163 Å². The van der Waals surface area contributed by atoms with Crippen LogP contribution in [0.3, 0.4) is 0 Å². The van der Waals surface area contributed by atoms with Crippen LogP contribution in [0.2, 0.25) is 4.34 Å². The molecule has 0 unspecified atom stereocenters. The normalized spacial score (nSPS) is 13.8. The smallest absolute Gasteiger partial charge is 0.282 e. The fraction of sp³-hybridized carbons (Fsp3) is 0. The zero-order valence-electron chi connectivity index (χ0n) is 7.80. The molecule has 18 heavy (non-hydrogen) atoms. The summed E-state index contributed by atoms with van der Waals surface area (Å²) in [6, 6.07) is 0. The van der Waals surface area contributed by atoms with Gasteiger partial charge in [-0.25, -0.2) is 0 Å². The lowest BCUT2D eigenvalue weighted by Crippen LogP contribution is -2.10. The van der Waals surface area contributed by atoms with Crippen LogP contribution in [0.1, 0.15) is 0 Å². The van der Waals surface area contributed by atoms with Crippen molar-refractivity contribution in [2.75, 3.05) is 0 Å². The van der Waals surface area contributed by atoms with Crippen molar-refractivity contribution in [2.45, 2.75) is 14.0 Å². The van der Waals surface area contributed by atoms with Crippen molar-refractivity contribution in [3.05, 3.63) is 4.34 Å². The summed E-state index contributed by atoms with van der Waals surface area (Å²) in [5.74, 6) is 0. The van der Waals surface area contributed by atoms with Gasteiger partial charge in [0.25, 0.3) is 20.2 Å². The van der Waals surface area contributed by atoms with Gasteiger partial charge in [-0.3, -0.25) is 13.7 Å². The highest BCUT2D eigenvalue weighted by Crippen LogP contribution is 2.41. The molecule has 0 aliphatic heterocycles. The summed E-state index contributed by atoms with van der Waals surface area (Å²) in [6.07, 6.45) is 0. The molecule has 0 fully saturated rings. The Kier molecular flexibility index (Phi) is 3.84. The van der Waals surface area contributed by atoms with E-state index < -0.39 is 48.7 Å². The molecule has 1 heterocycles. The first-order chi connectivity index (χ1) is 7.76. The van der Waals surface area contributed by atoms with Gasteiger partial charge in [-0.05, 0) is 0 Å². The Labute approximate surface area is 110 Å². The van der Waals surface area contributed by atoms with Crippen LogP contribution in [0.4, 0.5) is 0 Å². The Hall–Kier alpha value is -0.280. The monoisotopic (exact) mass is 358 g/mol. The summed E-state index contributed by atoms with van der Waals surface area (Å²) < 4.78 is 89.2. The third-order valence-corrected chi connectivity index (χ3v) is 6.73. The molecule has 3 N–H and O–H groups in total. The van der Waals surface area contributed by atoms with Crippen LogP contribution in [-0.4, -0.2) is 38.9 Å². The number of halogens is 1. The van der Waals surface area contributed by atoms with Crippen LogP contribution in [0.5, 0.6) is 0 Å². The molecule has 1 aromatic rings. The Morgan fingerprint density at radius 2 is 1.17 bits per heavy atom. The van der Waals surface area contributed by atoms with Gasteiger partial charge < -0.3 is 0 Å². The first-order valence-corrected chi connectivity index (χ1v) is 9.02. The molecule has 1 aromatic heterocycles. The average molecular weight is 359 g/mol. The minimum absolute atomic E-state index is 0.149. The Balaban J connectivity index is 4.07. The molecule has 0 radical (unpaired) electrons. The van der Waals surface area contributed by atoms with Gasteiger partial charge >= 0.3 is 10.1 Å². The molecule has 0 saturated carbocycles. The quantitative estimate of drug-likeness (QED) is 0.637. The van der Waals surface area contributed by atoms with Gasteiger partial charge in [-0.1, -0.05) is 11.6 Å². The van der Waals surface area contributed by atoms with Crippen molar-refractivity contribution in [1.82, 2.24) is 0 Å². The van der Waals surface area contributed by atoms with Crippen molar-refractivity contribution in [2.24, 2.45) is 0 Å². The SMILES string of the molecule is O=S(=O)(O)c1sc(Cl)c(S(=O)(=O)O)c1S(=O)(=O)O. The van der Waals surface area contributed by atoms with Gasteiger partial charge in [-0.2, -0.15) is 25.3 Å². The molecular formula is C4H3ClO9S4. The maximum absolute atomic E-state index is 10.9. The fourth-order valence-corrected chi connectivity index (χ4v) is 6.76. The summed E-state index contributed by atoms with van der Waals surface area (Å²) in [7, 11) is -15.7. The molecule has 0 aliphatic carbocycles. The van der Waals surface area contributed by atoms with Crippen molar-refractivity contribution in [3.8, 4) is 0 Å². The molecule has 14 heteroatoms. The predicted octanol–water partition coefficient (Wildman–Crippen LogP) is 0.142. The molecule has 0 amide bonds. The predicted molar refractivity (Wildman–Crippen MR) is 58.8 cm³/mol. The van der Waals surface area contributed by atoms with Crippen molar-refractivity contribution >= 4 is 53.3 Å². The molecule has 0 saturated heterocycles. The van der Waals surface area contributed by atoms with Gasteiger partial charge in [0.1, 0.15) is 14.1 Å². The van der Waals surface area contributed by atoms with Crippen LogP contribution >= 0.6 is 22.9 Å². The van der Waals surface area contributed by atoms with E-state index in [1.54, 1.807) is 0 Å².